The van der Waals surface area contributed by atoms with Gasteiger partial charge in [-0.15, -0.1) is 0 Å². The van der Waals surface area contributed by atoms with Crippen LogP contribution in [0.1, 0.15) is 5.56 Å². The van der Waals surface area contributed by atoms with Crippen LogP contribution in [0.5, 0.6) is 11.5 Å². The van der Waals surface area contributed by atoms with Crippen LogP contribution in [0, 0.1) is 10.1 Å². The van der Waals surface area contributed by atoms with Gasteiger partial charge in [-0.05, 0) is 23.8 Å². The topological polar surface area (TPSA) is 108 Å². The Morgan fingerprint density at radius 3 is 2.68 bits per heavy atom. The number of hydrogen-bond acceptors (Lipinski definition) is 7. The standard InChI is InChI=1S/C19H18N2O7/c1-26-15-5-2-13(3-6-15)8-9-27-19(23)11-20-16-10-14(21(24)25)4-7-17(16)28-12-18(20)22/h2-7,10H,8-9,11-12H2,1H3. The monoisotopic (exact) mass is 386 g/mol. The first-order chi connectivity index (χ1) is 13.5. The van der Waals surface area contributed by atoms with Crippen molar-refractivity contribution in [3.8, 4) is 11.5 Å². The molecule has 9 nitrogen and oxygen atoms in total. The van der Waals surface area contributed by atoms with Crippen molar-refractivity contribution < 1.29 is 28.7 Å². The Morgan fingerprint density at radius 1 is 1.25 bits per heavy atom. The number of ether oxygens (including phenoxy) is 3. The molecule has 28 heavy (non-hydrogen) atoms. The van der Waals surface area contributed by atoms with Gasteiger partial charge in [0.1, 0.15) is 18.0 Å². The van der Waals surface area contributed by atoms with E-state index < -0.39 is 16.8 Å². The summed E-state index contributed by atoms with van der Waals surface area (Å²) in [5.74, 6) is -0.0445. The predicted octanol–water partition coefficient (Wildman–Crippen LogP) is 2.11. The summed E-state index contributed by atoms with van der Waals surface area (Å²) in [7, 11) is 1.58. The summed E-state index contributed by atoms with van der Waals surface area (Å²) in [6, 6.07) is 11.3. The van der Waals surface area contributed by atoms with E-state index in [1.54, 1.807) is 7.11 Å². The van der Waals surface area contributed by atoms with E-state index in [0.29, 0.717) is 12.2 Å². The molecule has 0 N–H and O–H groups in total. The molecular formula is C19H18N2O7. The number of nitro groups is 1. The Balaban J connectivity index is 1.61. The van der Waals surface area contributed by atoms with Crippen LogP contribution in [-0.4, -0.2) is 43.7 Å². The van der Waals surface area contributed by atoms with E-state index in [2.05, 4.69) is 0 Å². The number of methoxy groups -OCH3 is 1. The molecule has 2 aromatic rings. The zero-order valence-corrected chi connectivity index (χ0v) is 15.1. The number of esters is 1. The van der Waals surface area contributed by atoms with E-state index in [-0.39, 0.29) is 31.1 Å². The van der Waals surface area contributed by atoms with Gasteiger partial charge in [0.25, 0.3) is 11.6 Å². The van der Waals surface area contributed by atoms with Gasteiger partial charge in [0.15, 0.2) is 6.61 Å². The van der Waals surface area contributed by atoms with Crippen LogP contribution in [0.3, 0.4) is 0 Å². The molecule has 2 aromatic carbocycles. The largest absolute Gasteiger partial charge is 0.497 e. The summed E-state index contributed by atoms with van der Waals surface area (Å²) in [5.41, 5.74) is 0.949. The van der Waals surface area contributed by atoms with Crippen molar-refractivity contribution in [2.45, 2.75) is 6.42 Å². The van der Waals surface area contributed by atoms with Crippen LogP contribution in [0.4, 0.5) is 11.4 Å². The number of nitro benzene ring substituents is 1. The molecule has 0 atom stereocenters. The van der Waals surface area contributed by atoms with E-state index >= 15 is 0 Å². The van der Waals surface area contributed by atoms with Crippen molar-refractivity contribution in [3.63, 3.8) is 0 Å². The van der Waals surface area contributed by atoms with Crippen molar-refractivity contribution in [2.24, 2.45) is 0 Å². The van der Waals surface area contributed by atoms with E-state index in [1.807, 2.05) is 24.3 Å². The van der Waals surface area contributed by atoms with Crippen molar-refractivity contribution in [3.05, 3.63) is 58.1 Å². The Morgan fingerprint density at radius 2 is 2.00 bits per heavy atom. The first-order valence-corrected chi connectivity index (χ1v) is 8.48. The number of carbonyl (C=O) groups excluding carboxylic acids is 2. The highest BCUT2D eigenvalue weighted by atomic mass is 16.6. The Hall–Kier alpha value is -3.62. The molecule has 0 spiro atoms. The summed E-state index contributed by atoms with van der Waals surface area (Å²) in [5, 5.41) is 11.0. The molecule has 1 aliphatic rings. The Labute approximate surface area is 160 Å². The second kappa shape index (κ2) is 8.38. The number of carbonyl (C=O) groups is 2. The Bertz CT molecular complexity index is 896. The molecule has 0 aromatic heterocycles. The quantitative estimate of drug-likeness (QED) is 0.407. The second-order valence-corrected chi connectivity index (χ2v) is 6.00. The van der Waals surface area contributed by atoms with Crippen molar-refractivity contribution in [1.82, 2.24) is 0 Å². The highest BCUT2D eigenvalue weighted by molar-refractivity contribution is 6.01. The number of nitrogens with zero attached hydrogens (tertiary/aromatic N) is 2. The number of rotatable bonds is 7. The molecule has 0 radical (unpaired) electrons. The second-order valence-electron chi connectivity index (χ2n) is 6.00. The van der Waals surface area contributed by atoms with Crippen LogP contribution in [0.2, 0.25) is 0 Å². The smallest absolute Gasteiger partial charge is 0.326 e. The average molecular weight is 386 g/mol. The highest BCUT2D eigenvalue weighted by Gasteiger charge is 2.29. The van der Waals surface area contributed by atoms with Gasteiger partial charge < -0.3 is 14.2 Å². The molecular weight excluding hydrogens is 368 g/mol. The van der Waals surface area contributed by atoms with Crippen LogP contribution >= 0.6 is 0 Å². The molecule has 146 valence electrons. The van der Waals surface area contributed by atoms with Gasteiger partial charge in [-0.25, -0.2) is 0 Å². The maximum atomic E-state index is 12.2. The molecule has 1 heterocycles. The van der Waals surface area contributed by atoms with Crippen LogP contribution in [-0.2, 0) is 20.7 Å². The number of hydrogen-bond donors (Lipinski definition) is 0. The molecule has 1 amide bonds. The van der Waals surface area contributed by atoms with E-state index in [1.165, 1.54) is 18.2 Å². The van der Waals surface area contributed by atoms with Gasteiger partial charge >= 0.3 is 5.97 Å². The zero-order valence-electron chi connectivity index (χ0n) is 15.1. The normalized spacial score (nSPS) is 12.8. The van der Waals surface area contributed by atoms with Crippen LogP contribution in [0.15, 0.2) is 42.5 Å². The van der Waals surface area contributed by atoms with Gasteiger partial charge in [0.2, 0.25) is 0 Å². The third kappa shape index (κ3) is 4.37. The predicted molar refractivity (Wildman–Crippen MR) is 98.6 cm³/mol. The maximum Gasteiger partial charge on any atom is 0.326 e. The number of amides is 1. The molecule has 0 saturated heterocycles. The van der Waals surface area contributed by atoms with Crippen molar-refractivity contribution in [1.29, 1.82) is 0 Å². The lowest BCUT2D eigenvalue weighted by atomic mass is 10.1. The van der Waals surface area contributed by atoms with Gasteiger partial charge in [-0.2, -0.15) is 0 Å². The maximum absolute atomic E-state index is 12.2. The molecule has 0 bridgehead atoms. The molecule has 1 aliphatic heterocycles. The highest BCUT2D eigenvalue weighted by Crippen LogP contribution is 2.35. The van der Waals surface area contributed by atoms with Crippen molar-refractivity contribution in [2.75, 3.05) is 31.8 Å². The molecule has 0 fully saturated rings. The lowest BCUT2D eigenvalue weighted by Gasteiger charge is -2.28. The minimum atomic E-state index is -0.610. The number of fused-ring (bicyclic) bond motifs is 1. The van der Waals surface area contributed by atoms with Crippen LogP contribution < -0.4 is 14.4 Å². The number of non-ortho nitro benzene ring substituents is 1. The number of benzene rings is 2. The molecule has 3 rings (SSSR count). The molecule has 0 aliphatic carbocycles. The summed E-state index contributed by atoms with van der Waals surface area (Å²) in [4.78, 5) is 35.8. The van der Waals surface area contributed by atoms with Gasteiger partial charge in [0.05, 0.1) is 24.3 Å². The lowest BCUT2D eigenvalue weighted by molar-refractivity contribution is -0.384. The molecule has 9 heteroatoms. The summed E-state index contributed by atoms with van der Waals surface area (Å²) >= 11 is 0. The SMILES string of the molecule is COc1ccc(CCOC(=O)CN2C(=O)COc3ccc([N+](=O)[O-])cc32)cc1. The summed E-state index contributed by atoms with van der Waals surface area (Å²) in [6.45, 7) is -0.450. The van der Waals surface area contributed by atoms with E-state index in [9.17, 15) is 19.7 Å². The molecule has 0 unspecified atom stereocenters. The zero-order chi connectivity index (χ0) is 20.1. The minimum absolute atomic E-state index is 0.144. The fourth-order valence-corrected chi connectivity index (χ4v) is 2.73. The van der Waals surface area contributed by atoms with E-state index in [0.717, 1.165) is 16.2 Å². The van der Waals surface area contributed by atoms with Gasteiger partial charge in [0, 0.05) is 18.6 Å². The fraction of sp³-hybridized carbons (Fsp3) is 0.263. The van der Waals surface area contributed by atoms with Crippen molar-refractivity contribution >= 4 is 23.3 Å². The first-order valence-electron chi connectivity index (χ1n) is 8.48. The van der Waals surface area contributed by atoms with E-state index in [4.69, 9.17) is 14.2 Å². The number of anilines is 1. The van der Waals surface area contributed by atoms with Gasteiger partial charge in [-0.1, -0.05) is 12.1 Å². The average Bonchev–Trinajstić information content (AvgIpc) is 2.70. The first kappa shape index (κ1) is 19.2. The van der Waals surface area contributed by atoms with Crippen LogP contribution in [0.25, 0.3) is 0 Å². The molecule has 0 saturated carbocycles. The summed E-state index contributed by atoms with van der Waals surface area (Å²) < 4.78 is 15.6. The third-order valence-electron chi connectivity index (χ3n) is 4.20. The fourth-order valence-electron chi connectivity index (χ4n) is 2.73. The lowest BCUT2D eigenvalue weighted by Crippen LogP contribution is -2.42. The minimum Gasteiger partial charge on any atom is -0.497 e. The van der Waals surface area contributed by atoms with Gasteiger partial charge in [-0.3, -0.25) is 24.6 Å². The Kier molecular flexibility index (Phi) is 5.73. The summed E-state index contributed by atoms with van der Waals surface area (Å²) in [6.07, 6.45) is 0.509. The third-order valence-corrected chi connectivity index (χ3v) is 4.20.